The van der Waals surface area contributed by atoms with Crippen molar-refractivity contribution in [2.24, 2.45) is 11.7 Å². The molecule has 1 amide bonds. The zero-order valence-electron chi connectivity index (χ0n) is 13.9. The highest BCUT2D eigenvalue weighted by atomic mass is 32.1. The molecule has 0 aliphatic heterocycles. The fourth-order valence-electron chi connectivity index (χ4n) is 3.43. The Kier molecular flexibility index (Phi) is 4.50. The predicted octanol–water partition coefficient (Wildman–Crippen LogP) is 2.93. The molecule has 0 aromatic carbocycles. The van der Waals surface area contributed by atoms with Crippen LogP contribution in [0.4, 0.5) is 0 Å². The van der Waals surface area contributed by atoms with Crippen LogP contribution in [0.5, 0.6) is 0 Å². The molecule has 1 fully saturated rings. The summed E-state index contributed by atoms with van der Waals surface area (Å²) in [6.45, 7) is 0.740. The predicted molar refractivity (Wildman–Crippen MR) is 99.5 cm³/mol. The van der Waals surface area contributed by atoms with Crippen LogP contribution in [0.3, 0.4) is 0 Å². The van der Waals surface area contributed by atoms with Crippen molar-refractivity contribution in [3.63, 3.8) is 0 Å². The molecule has 0 bridgehead atoms. The average Bonchev–Trinajstić information content (AvgIpc) is 3.31. The van der Waals surface area contributed by atoms with E-state index in [9.17, 15) is 4.79 Å². The van der Waals surface area contributed by atoms with Crippen molar-refractivity contribution in [3.05, 3.63) is 35.3 Å². The van der Waals surface area contributed by atoms with Crippen molar-refractivity contribution in [2.75, 3.05) is 6.54 Å². The number of nitrogens with one attached hydrogen (secondary N) is 2. The van der Waals surface area contributed by atoms with E-state index in [0.29, 0.717) is 22.6 Å². The van der Waals surface area contributed by atoms with Crippen LogP contribution in [0.2, 0.25) is 0 Å². The van der Waals surface area contributed by atoms with Crippen molar-refractivity contribution in [3.8, 4) is 10.7 Å². The van der Waals surface area contributed by atoms with Crippen LogP contribution in [0.25, 0.3) is 21.9 Å². The minimum absolute atomic E-state index is 0.0761. The Morgan fingerprint density at radius 1 is 1.32 bits per heavy atom. The van der Waals surface area contributed by atoms with E-state index in [2.05, 4.69) is 20.3 Å². The number of hydrogen-bond donors (Lipinski definition) is 3. The first-order chi connectivity index (χ1) is 12.2. The number of carbonyl (C=O) groups is 1. The summed E-state index contributed by atoms with van der Waals surface area (Å²) in [4.78, 5) is 25.9. The maximum atomic E-state index is 12.8. The Balaban J connectivity index is 1.55. The lowest BCUT2D eigenvalue weighted by Gasteiger charge is -2.28. The number of imidazole rings is 1. The van der Waals surface area contributed by atoms with Crippen LogP contribution in [0.15, 0.2) is 29.8 Å². The number of rotatable bonds is 4. The highest BCUT2D eigenvalue weighted by Gasteiger charge is 2.23. The highest BCUT2D eigenvalue weighted by Crippen LogP contribution is 2.26. The molecule has 3 aromatic heterocycles. The molecule has 0 radical (unpaired) electrons. The lowest BCUT2D eigenvalue weighted by atomic mass is 9.86. The summed E-state index contributed by atoms with van der Waals surface area (Å²) in [5, 5.41) is 5.16. The van der Waals surface area contributed by atoms with Crippen molar-refractivity contribution in [1.82, 2.24) is 20.3 Å². The third kappa shape index (κ3) is 3.29. The smallest absolute Gasteiger partial charge is 0.253 e. The SMILES string of the molecule is NC[C@H]1CC[C@H](NC(=O)c2ccnc3[nH]c(-c4cccs4)nc23)CC1. The molecule has 0 saturated heterocycles. The van der Waals surface area contributed by atoms with Crippen LogP contribution in [0, 0.1) is 5.92 Å². The van der Waals surface area contributed by atoms with Gasteiger partial charge in [0, 0.05) is 12.2 Å². The Morgan fingerprint density at radius 3 is 2.88 bits per heavy atom. The van der Waals surface area contributed by atoms with E-state index in [1.807, 2.05) is 17.5 Å². The van der Waals surface area contributed by atoms with Crippen molar-refractivity contribution in [2.45, 2.75) is 31.7 Å². The number of aromatic amines is 1. The molecule has 1 saturated carbocycles. The summed E-state index contributed by atoms with van der Waals surface area (Å²) < 4.78 is 0. The van der Waals surface area contributed by atoms with Crippen LogP contribution < -0.4 is 11.1 Å². The number of aromatic nitrogens is 3. The number of thiophene rings is 1. The van der Waals surface area contributed by atoms with Gasteiger partial charge in [-0.25, -0.2) is 9.97 Å². The normalized spacial score (nSPS) is 20.7. The summed E-state index contributed by atoms with van der Waals surface area (Å²) in [5.74, 6) is 1.27. The number of fused-ring (bicyclic) bond motifs is 1. The monoisotopic (exact) mass is 355 g/mol. The molecule has 0 atom stereocenters. The maximum absolute atomic E-state index is 12.8. The maximum Gasteiger partial charge on any atom is 0.253 e. The van der Waals surface area contributed by atoms with Gasteiger partial charge in [-0.15, -0.1) is 11.3 Å². The Hall–Kier alpha value is -2.25. The first-order valence-electron chi connectivity index (χ1n) is 8.64. The van der Waals surface area contributed by atoms with Crippen LogP contribution >= 0.6 is 11.3 Å². The number of amides is 1. The van der Waals surface area contributed by atoms with Gasteiger partial charge in [-0.05, 0) is 55.7 Å². The van der Waals surface area contributed by atoms with Gasteiger partial charge < -0.3 is 16.0 Å². The number of H-pyrrole nitrogens is 1. The second kappa shape index (κ2) is 6.93. The summed E-state index contributed by atoms with van der Waals surface area (Å²) >= 11 is 1.60. The summed E-state index contributed by atoms with van der Waals surface area (Å²) in [6, 6.07) is 5.93. The average molecular weight is 355 g/mol. The van der Waals surface area contributed by atoms with Crippen molar-refractivity contribution >= 4 is 28.4 Å². The molecule has 3 aromatic rings. The summed E-state index contributed by atoms with van der Waals surface area (Å²) in [5.41, 5.74) is 7.58. The molecule has 7 heteroatoms. The van der Waals surface area contributed by atoms with E-state index in [1.165, 1.54) is 0 Å². The quantitative estimate of drug-likeness (QED) is 0.670. The van der Waals surface area contributed by atoms with Gasteiger partial charge in [-0.2, -0.15) is 0 Å². The lowest BCUT2D eigenvalue weighted by molar-refractivity contribution is 0.0924. The van der Waals surface area contributed by atoms with Crippen molar-refractivity contribution < 1.29 is 4.79 Å². The second-order valence-electron chi connectivity index (χ2n) is 6.55. The van der Waals surface area contributed by atoms with Gasteiger partial charge in [0.25, 0.3) is 5.91 Å². The molecule has 6 nitrogen and oxygen atoms in total. The van der Waals surface area contributed by atoms with Gasteiger partial charge in [-0.3, -0.25) is 4.79 Å². The topological polar surface area (TPSA) is 96.7 Å². The Bertz CT molecular complexity index is 865. The highest BCUT2D eigenvalue weighted by molar-refractivity contribution is 7.13. The molecule has 1 aliphatic rings. The number of nitrogens with zero attached hydrogens (tertiary/aromatic N) is 2. The zero-order valence-corrected chi connectivity index (χ0v) is 14.7. The van der Waals surface area contributed by atoms with Gasteiger partial charge in [0.05, 0.1) is 10.4 Å². The zero-order chi connectivity index (χ0) is 17.2. The number of carbonyl (C=O) groups excluding carboxylic acids is 1. The molecule has 3 heterocycles. The molecule has 130 valence electrons. The standard InChI is InChI=1S/C18H21N5OS/c19-10-11-3-5-12(6-4-11)21-18(24)13-7-8-20-17-15(13)22-16(23-17)14-2-1-9-25-14/h1-2,7-9,11-12H,3-6,10,19H2,(H,21,24)(H,20,22,23)/t11-,12-. The van der Waals surface area contributed by atoms with Crippen LogP contribution in [0.1, 0.15) is 36.0 Å². The van der Waals surface area contributed by atoms with Gasteiger partial charge >= 0.3 is 0 Å². The number of nitrogens with two attached hydrogens (primary N) is 1. The molecular formula is C18H21N5OS. The minimum Gasteiger partial charge on any atom is -0.349 e. The minimum atomic E-state index is -0.0761. The van der Waals surface area contributed by atoms with Gasteiger partial charge in [0.15, 0.2) is 5.65 Å². The molecule has 0 unspecified atom stereocenters. The van der Waals surface area contributed by atoms with Gasteiger partial charge in [0.2, 0.25) is 0 Å². The summed E-state index contributed by atoms with van der Waals surface area (Å²) in [6.07, 6.45) is 5.79. The third-order valence-electron chi connectivity index (χ3n) is 4.90. The molecule has 4 N–H and O–H groups in total. The van der Waals surface area contributed by atoms with E-state index in [-0.39, 0.29) is 11.9 Å². The van der Waals surface area contributed by atoms with E-state index in [0.717, 1.165) is 42.9 Å². The van der Waals surface area contributed by atoms with E-state index >= 15 is 0 Å². The molecular weight excluding hydrogens is 334 g/mol. The molecule has 4 rings (SSSR count). The summed E-state index contributed by atoms with van der Waals surface area (Å²) in [7, 11) is 0. The van der Waals surface area contributed by atoms with Crippen LogP contribution in [-0.4, -0.2) is 33.4 Å². The Labute approximate surface area is 149 Å². The lowest BCUT2D eigenvalue weighted by Crippen LogP contribution is -2.38. The number of hydrogen-bond acceptors (Lipinski definition) is 5. The fraction of sp³-hybridized carbons (Fsp3) is 0.389. The van der Waals surface area contributed by atoms with E-state index in [4.69, 9.17) is 5.73 Å². The second-order valence-corrected chi connectivity index (χ2v) is 7.49. The number of pyridine rings is 1. The molecule has 25 heavy (non-hydrogen) atoms. The van der Waals surface area contributed by atoms with Crippen LogP contribution in [-0.2, 0) is 0 Å². The Morgan fingerprint density at radius 2 is 2.16 bits per heavy atom. The molecule has 1 aliphatic carbocycles. The first-order valence-corrected chi connectivity index (χ1v) is 9.52. The van der Waals surface area contributed by atoms with Gasteiger partial charge in [0.1, 0.15) is 11.3 Å². The van der Waals surface area contributed by atoms with Crippen molar-refractivity contribution in [1.29, 1.82) is 0 Å². The first kappa shape index (κ1) is 16.2. The van der Waals surface area contributed by atoms with E-state index in [1.54, 1.807) is 23.6 Å². The largest absolute Gasteiger partial charge is 0.349 e. The van der Waals surface area contributed by atoms with Gasteiger partial charge in [-0.1, -0.05) is 6.07 Å². The third-order valence-corrected chi connectivity index (χ3v) is 5.78. The molecule has 0 spiro atoms. The van der Waals surface area contributed by atoms with E-state index < -0.39 is 0 Å². The fourth-order valence-corrected chi connectivity index (χ4v) is 4.10.